The average molecular weight is 373 g/mol. The molecule has 3 rings (SSSR count). The van der Waals surface area contributed by atoms with Crippen LogP contribution in [0.3, 0.4) is 0 Å². The van der Waals surface area contributed by atoms with Crippen LogP contribution in [0, 0.1) is 0 Å². The van der Waals surface area contributed by atoms with E-state index in [0.29, 0.717) is 17.3 Å². The zero-order valence-electron chi connectivity index (χ0n) is 15.5. The summed E-state index contributed by atoms with van der Waals surface area (Å²) in [7, 11) is 3.85. The molecule has 0 aliphatic carbocycles. The van der Waals surface area contributed by atoms with Crippen molar-refractivity contribution in [3.8, 4) is 5.75 Å². The molecule has 4 nitrogen and oxygen atoms in total. The van der Waals surface area contributed by atoms with Crippen LogP contribution < -0.4 is 4.74 Å². The highest BCUT2D eigenvalue weighted by atomic mass is 35.5. The van der Waals surface area contributed by atoms with Crippen LogP contribution in [0.2, 0.25) is 5.02 Å². The number of amides is 1. The van der Waals surface area contributed by atoms with Crippen molar-refractivity contribution >= 4 is 17.7 Å². The fourth-order valence-electron chi connectivity index (χ4n) is 3.31. The molecule has 0 fully saturated rings. The molecule has 2 aromatic carbocycles. The van der Waals surface area contributed by atoms with Gasteiger partial charge in [-0.25, -0.2) is 4.79 Å². The molecule has 1 unspecified atom stereocenters. The molecule has 1 atom stereocenters. The number of carbonyl (C=O) groups is 1. The van der Waals surface area contributed by atoms with Gasteiger partial charge in [-0.2, -0.15) is 0 Å². The Bertz CT molecular complexity index is 779. The minimum absolute atomic E-state index is 0.220. The summed E-state index contributed by atoms with van der Waals surface area (Å²) in [4.78, 5) is 16.0. The third-order valence-electron chi connectivity index (χ3n) is 5.01. The Kier molecular flexibility index (Phi) is 5.84. The van der Waals surface area contributed by atoms with Crippen LogP contribution in [0.4, 0.5) is 4.79 Å². The minimum atomic E-state index is -0.392. The van der Waals surface area contributed by atoms with Crippen molar-refractivity contribution in [1.29, 1.82) is 0 Å². The maximum Gasteiger partial charge on any atom is 0.415 e. The predicted octanol–water partition coefficient (Wildman–Crippen LogP) is 4.41. The SMILES string of the molecule is CCN(C)C(=O)Oc1cc2c(cc1Cl)CCN(C)CC2c1ccccc1. The molecular weight excluding hydrogens is 348 g/mol. The van der Waals surface area contributed by atoms with Gasteiger partial charge >= 0.3 is 6.09 Å². The molecule has 1 aliphatic rings. The molecule has 0 radical (unpaired) electrons. The highest BCUT2D eigenvalue weighted by molar-refractivity contribution is 6.32. The fraction of sp³-hybridized carbons (Fsp3) is 0.381. The van der Waals surface area contributed by atoms with Gasteiger partial charge in [-0.15, -0.1) is 0 Å². The lowest BCUT2D eigenvalue weighted by Crippen LogP contribution is -2.29. The molecule has 0 N–H and O–H groups in total. The molecule has 0 saturated carbocycles. The number of halogens is 1. The van der Waals surface area contributed by atoms with Gasteiger partial charge in [0.15, 0.2) is 5.75 Å². The first-order valence-corrected chi connectivity index (χ1v) is 9.36. The third-order valence-corrected chi connectivity index (χ3v) is 5.31. The minimum Gasteiger partial charge on any atom is -0.409 e. The summed E-state index contributed by atoms with van der Waals surface area (Å²) in [6.45, 7) is 4.38. The normalized spacial score (nSPS) is 17.3. The van der Waals surface area contributed by atoms with E-state index in [9.17, 15) is 4.79 Å². The molecule has 138 valence electrons. The number of hydrogen-bond acceptors (Lipinski definition) is 3. The zero-order chi connectivity index (χ0) is 18.7. The van der Waals surface area contributed by atoms with Crippen LogP contribution in [0.5, 0.6) is 5.75 Å². The Hall–Kier alpha value is -2.04. The molecule has 1 amide bonds. The standard InChI is InChI=1S/C21H25ClN2O2/c1-4-24(3)21(25)26-20-13-17-16(12-19(20)22)10-11-23(2)14-18(17)15-8-6-5-7-9-15/h5-9,12-13,18H,4,10-11,14H2,1-3H3. The molecule has 0 bridgehead atoms. The van der Waals surface area contributed by atoms with Gasteiger partial charge in [-0.1, -0.05) is 41.9 Å². The number of hydrogen-bond donors (Lipinski definition) is 0. The second-order valence-electron chi connectivity index (χ2n) is 6.84. The molecule has 1 aliphatic heterocycles. The van der Waals surface area contributed by atoms with Crippen LogP contribution >= 0.6 is 11.6 Å². The highest BCUT2D eigenvalue weighted by Crippen LogP contribution is 2.37. The van der Waals surface area contributed by atoms with Crippen molar-refractivity contribution in [3.63, 3.8) is 0 Å². The van der Waals surface area contributed by atoms with Crippen molar-refractivity contribution in [2.75, 3.05) is 33.7 Å². The van der Waals surface area contributed by atoms with Crippen LogP contribution in [-0.2, 0) is 6.42 Å². The highest BCUT2D eigenvalue weighted by Gasteiger charge is 2.25. The van der Waals surface area contributed by atoms with E-state index in [1.807, 2.05) is 25.1 Å². The van der Waals surface area contributed by atoms with Gasteiger partial charge < -0.3 is 14.5 Å². The van der Waals surface area contributed by atoms with Crippen molar-refractivity contribution in [1.82, 2.24) is 9.80 Å². The largest absolute Gasteiger partial charge is 0.415 e. The van der Waals surface area contributed by atoms with Crippen LogP contribution in [-0.4, -0.2) is 49.6 Å². The van der Waals surface area contributed by atoms with Gasteiger partial charge in [-0.05, 0) is 49.2 Å². The number of rotatable bonds is 3. The quantitative estimate of drug-likeness (QED) is 0.800. The molecule has 5 heteroatoms. The number of likely N-dealkylation sites (N-methyl/N-ethyl adjacent to an activating group) is 1. The van der Waals surface area contributed by atoms with E-state index in [1.165, 1.54) is 21.6 Å². The first kappa shape index (κ1) is 18.7. The Morgan fingerprint density at radius 1 is 1.31 bits per heavy atom. The molecule has 0 saturated heterocycles. The molecule has 1 heterocycles. The van der Waals surface area contributed by atoms with Crippen molar-refractivity contribution < 1.29 is 9.53 Å². The van der Waals surface area contributed by atoms with E-state index in [0.717, 1.165) is 19.5 Å². The molecule has 0 spiro atoms. The summed E-state index contributed by atoms with van der Waals surface area (Å²) in [6.07, 6.45) is 0.536. The van der Waals surface area contributed by atoms with Gasteiger partial charge in [0.2, 0.25) is 0 Å². The van der Waals surface area contributed by atoms with Crippen molar-refractivity contribution in [2.45, 2.75) is 19.3 Å². The predicted molar refractivity (Wildman–Crippen MR) is 105 cm³/mol. The van der Waals surface area contributed by atoms with E-state index in [-0.39, 0.29) is 5.92 Å². The summed E-state index contributed by atoms with van der Waals surface area (Å²) < 4.78 is 5.56. The van der Waals surface area contributed by atoms with Crippen molar-refractivity contribution in [3.05, 3.63) is 64.2 Å². The van der Waals surface area contributed by atoms with E-state index in [4.69, 9.17) is 16.3 Å². The Labute approximate surface area is 160 Å². The number of ether oxygens (including phenoxy) is 1. The van der Waals surface area contributed by atoms with Crippen molar-refractivity contribution in [2.24, 2.45) is 0 Å². The van der Waals surface area contributed by atoms with E-state index in [1.54, 1.807) is 7.05 Å². The van der Waals surface area contributed by atoms with Gasteiger partial charge in [0.05, 0.1) is 5.02 Å². The molecule has 0 aromatic heterocycles. The Morgan fingerprint density at radius 3 is 2.73 bits per heavy atom. The monoisotopic (exact) mass is 372 g/mol. The van der Waals surface area contributed by atoms with Gasteiger partial charge in [0, 0.05) is 32.6 Å². The topological polar surface area (TPSA) is 32.8 Å². The van der Waals surface area contributed by atoms with Crippen LogP contribution in [0.25, 0.3) is 0 Å². The zero-order valence-corrected chi connectivity index (χ0v) is 16.3. The summed E-state index contributed by atoms with van der Waals surface area (Å²) >= 11 is 6.43. The average Bonchev–Trinajstić information content (AvgIpc) is 2.81. The molecular formula is C21H25ClN2O2. The number of fused-ring (bicyclic) bond motifs is 1. The first-order chi connectivity index (χ1) is 12.5. The number of nitrogens with zero attached hydrogens (tertiary/aromatic N) is 2. The molecule has 26 heavy (non-hydrogen) atoms. The second-order valence-corrected chi connectivity index (χ2v) is 7.25. The fourth-order valence-corrected chi connectivity index (χ4v) is 3.54. The second kappa shape index (κ2) is 8.11. The van der Waals surface area contributed by atoms with Crippen LogP contribution in [0.15, 0.2) is 42.5 Å². The summed E-state index contributed by atoms with van der Waals surface area (Å²) in [5.74, 6) is 0.651. The summed E-state index contributed by atoms with van der Waals surface area (Å²) in [5, 5.41) is 0.484. The maximum absolute atomic E-state index is 12.2. The summed E-state index contributed by atoms with van der Waals surface area (Å²) in [5.41, 5.74) is 3.66. The lowest BCUT2D eigenvalue weighted by molar-refractivity contribution is 0.165. The third kappa shape index (κ3) is 4.02. The summed E-state index contributed by atoms with van der Waals surface area (Å²) in [6, 6.07) is 14.4. The lowest BCUT2D eigenvalue weighted by Gasteiger charge is -2.23. The Balaban J connectivity index is 2.02. The van der Waals surface area contributed by atoms with E-state index >= 15 is 0 Å². The van der Waals surface area contributed by atoms with Crippen LogP contribution in [0.1, 0.15) is 29.5 Å². The maximum atomic E-state index is 12.2. The Morgan fingerprint density at radius 2 is 2.04 bits per heavy atom. The molecule has 2 aromatic rings. The lowest BCUT2D eigenvalue weighted by atomic mass is 9.88. The smallest absolute Gasteiger partial charge is 0.409 e. The number of carbonyl (C=O) groups excluding carboxylic acids is 1. The van der Waals surface area contributed by atoms with Gasteiger partial charge in [-0.3, -0.25) is 0 Å². The van der Waals surface area contributed by atoms with Gasteiger partial charge in [0.25, 0.3) is 0 Å². The number of benzene rings is 2. The first-order valence-electron chi connectivity index (χ1n) is 8.98. The van der Waals surface area contributed by atoms with E-state index < -0.39 is 6.09 Å². The van der Waals surface area contributed by atoms with E-state index in [2.05, 4.69) is 36.2 Å². The van der Waals surface area contributed by atoms with Gasteiger partial charge in [0.1, 0.15) is 0 Å².